The molecule has 56 valence electrons. The van der Waals surface area contributed by atoms with Crippen molar-refractivity contribution >= 4 is 6.29 Å². The molecular weight excluding hydrogens is 124 g/mol. The van der Waals surface area contributed by atoms with Gasteiger partial charge in [0.05, 0.1) is 0 Å². The van der Waals surface area contributed by atoms with E-state index >= 15 is 0 Å². The number of unbranched alkanes of at least 4 members (excludes halogenated alkanes) is 3. The molecule has 0 radical (unpaired) electrons. The van der Waals surface area contributed by atoms with E-state index in [1.165, 1.54) is 0 Å². The van der Waals surface area contributed by atoms with Crippen LogP contribution >= 0.6 is 0 Å². The first-order valence-corrected chi connectivity index (χ1v) is 3.63. The van der Waals surface area contributed by atoms with Gasteiger partial charge in [-0.3, -0.25) is 0 Å². The molecule has 10 heavy (non-hydrogen) atoms. The van der Waals surface area contributed by atoms with Gasteiger partial charge < -0.3 is 4.79 Å². The van der Waals surface area contributed by atoms with Crippen LogP contribution in [0.4, 0.5) is 0 Å². The molecule has 0 atom stereocenters. The van der Waals surface area contributed by atoms with Crippen LogP contribution in [0, 0.1) is 0 Å². The highest BCUT2D eigenvalue weighted by Gasteiger charge is 1.82. The van der Waals surface area contributed by atoms with E-state index in [1.54, 1.807) is 6.08 Å². The van der Waals surface area contributed by atoms with Crippen molar-refractivity contribution in [3.8, 4) is 0 Å². The molecule has 1 heteroatoms. The zero-order valence-electron chi connectivity index (χ0n) is 6.25. The summed E-state index contributed by atoms with van der Waals surface area (Å²) in [5, 5.41) is 0. The highest BCUT2D eigenvalue weighted by atomic mass is 16.1. The van der Waals surface area contributed by atoms with Gasteiger partial charge in [-0.1, -0.05) is 24.8 Å². The Balaban J connectivity index is 2.96. The third-order valence-electron chi connectivity index (χ3n) is 1.21. The molecule has 0 aliphatic heterocycles. The summed E-state index contributed by atoms with van der Waals surface area (Å²) in [4.78, 5) is 9.86. The molecule has 0 saturated carbocycles. The second-order valence-corrected chi connectivity index (χ2v) is 2.11. The third-order valence-corrected chi connectivity index (χ3v) is 1.21. The van der Waals surface area contributed by atoms with E-state index in [2.05, 4.69) is 12.7 Å². The third kappa shape index (κ3) is 7.15. The Morgan fingerprint density at radius 3 is 2.50 bits per heavy atom. The Bertz CT molecular complexity index is 114. The van der Waals surface area contributed by atoms with Crippen molar-refractivity contribution in [3.63, 3.8) is 0 Å². The Hall–Kier alpha value is -0.850. The number of hydrogen-bond donors (Lipinski definition) is 0. The molecule has 0 rings (SSSR count). The van der Waals surface area contributed by atoms with E-state index in [1.807, 2.05) is 6.08 Å². The molecular formula is C9H14O. The normalized spacial score (nSPS) is 10.0. The molecule has 1 nitrogen and oxygen atoms in total. The van der Waals surface area contributed by atoms with Crippen LogP contribution in [0.25, 0.3) is 0 Å². The average Bonchev–Trinajstić information content (AvgIpc) is 1.97. The van der Waals surface area contributed by atoms with Crippen molar-refractivity contribution in [3.05, 3.63) is 24.8 Å². The van der Waals surface area contributed by atoms with Crippen LogP contribution in [0.2, 0.25) is 0 Å². The molecule has 0 N–H and O–H groups in total. The van der Waals surface area contributed by atoms with Crippen LogP contribution in [-0.4, -0.2) is 6.29 Å². The van der Waals surface area contributed by atoms with Gasteiger partial charge in [-0.15, -0.1) is 0 Å². The van der Waals surface area contributed by atoms with Crippen molar-refractivity contribution in [2.75, 3.05) is 0 Å². The number of carbonyl (C=O) groups is 1. The predicted molar refractivity (Wildman–Crippen MR) is 43.9 cm³/mol. The van der Waals surface area contributed by atoms with Gasteiger partial charge in [0.25, 0.3) is 0 Å². The maximum absolute atomic E-state index is 9.86. The van der Waals surface area contributed by atoms with Crippen molar-refractivity contribution in [2.24, 2.45) is 0 Å². The maximum atomic E-state index is 9.86. The summed E-state index contributed by atoms with van der Waals surface area (Å²) in [5.41, 5.74) is 0. The smallest absolute Gasteiger partial charge is 0.119 e. The molecule has 0 spiro atoms. The van der Waals surface area contributed by atoms with Gasteiger partial charge in [-0.05, 0) is 19.3 Å². The van der Waals surface area contributed by atoms with Gasteiger partial charge in [-0.25, -0.2) is 0 Å². The molecule has 0 bridgehead atoms. The molecule has 0 heterocycles. The van der Waals surface area contributed by atoms with Crippen molar-refractivity contribution < 1.29 is 4.79 Å². The summed E-state index contributed by atoms with van der Waals surface area (Å²) >= 11 is 0. The van der Waals surface area contributed by atoms with Gasteiger partial charge in [0.2, 0.25) is 0 Å². The Morgan fingerprint density at radius 1 is 1.20 bits per heavy atom. The first kappa shape index (κ1) is 9.15. The molecule has 0 aliphatic rings. The highest BCUT2D eigenvalue weighted by molar-refractivity contribution is 5.48. The standard InChI is InChI=1S/C9H14O/c1-2-3-4-5-6-7-8-9-10/h2-4,9H,1,5-8H2/b4-3+. The lowest BCUT2D eigenvalue weighted by atomic mass is 10.2. The lowest BCUT2D eigenvalue weighted by Crippen LogP contribution is -1.75. The minimum Gasteiger partial charge on any atom is -0.303 e. The van der Waals surface area contributed by atoms with Crippen LogP contribution in [0.15, 0.2) is 24.8 Å². The highest BCUT2D eigenvalue weighted by Crippen LogP contribution is 1.98. The minimum absolute atomic E-state index is 0.696. The zero-order valence-corrected chi connectivity index (χ0v) is 6.25. The Labute approximate surface area is 62.4 Å². The minimum atomic E-state index is 0.696. The fourth-order valence-corrected chi connectivity index (χ4v) is 0.682. The molecule has 0 aromatic rings. The van der Waals surface area contributed by atoms with Crippen LogP contribution in [0.5, 0.6) is 0 Å². The summed E-state index contributed by atoms with van der Waals surface area (Å²) in [5.74, 6) is 0. The number of aldehydes is 1. The topological polar surface area (TPSA) is 17.1 Å². The summed E-state index contributed by atoms with van der Waals surface area (Å²) in [6.07, 6.45) is 10.6. The fraction of sp³-hybridized carbons (Fsp3) is 0.444. The number of carbonyl (C=O) groups excluding carboxylic acids is 1. The van der Waals surface area contributed by atoms with E-state index < -0.39 is 0 Å². The number of allylic oxidation sites excluding steroid dienone is 3. The maximum Gasteiger partial charge on any atom is 0.119 e. The predicted octanol–water partition coefficient (Wildman–Crippen LogP) is 2.49. The van der Waals surface area contributed by atoms with Crippen molar-refractivity contribution in [2.45, 2.75) is 25.7 Å². The number of hydrogen-bond acceptors (Lipinski definition) is 1. The van der Waals surface area contributed by atoms with Crippen LogP contribution < -0.4 is 0 Å². The molecule has 0 aromatic heterocycles. The Kier molecular flexibility index (Phi) is 7.46. The van der Waals surface area contributed by atoms with Gasteiger partial charge >= 0.3 is 0 Å². The summed E-state index contributed by atoms with van der Waals surface area (Å²) in [6.45, 7) is 3.55. The first-order chi connectivity index (χ1) is 4.91. The van der Waals surface area contributed by atoms with Gasteiger partial charge in [0.1, 0.15) is 6.29 Å². The molecule has 0 unspecified atom stereocenters. The second kappa shape index (κ2) is 8.15. The van der Waals surface area contributed by atoms with E-state index in [0.29, 0.717) is 6.42 Å². The lowest BCUT2D eigenvalue weighted by molar-refractivity contribution is -0.107. The summed E-state index contributed by atoms with van der Waals surface area (Å²) in [6, 6.07) is 0. The summed E-state index contributed by atoms with van der Waals surface area (Å²) < 4.78 is 0. The number of rotatable bonds is 6. The molecule has 0 fully saturated rings. The van der Waals surface area contributed by atoms with Crippen LogP contribution in [0.3, 0.4) is 0 Å². The fourth-order valence-electron chi connectivity index (χ4n) is 0.682. The zero-order chi connectivity index (χ0) is 7.66. The molecule has 0 aromatic carbocycles. The molecule has 0 saturated heterocycles. The second-order valence-electron chi connectivity index (χ2n) is 2.11. The van der Waals surface area contributed by atoms with Crippen LogP contribution in [-0.2, 0) is 4.79 Å². The van der Waals surface area contributed by atoms with E-state index in [-0.39, 0.29) is 0 Å². The Morgan fingerprint density at radius 2 is 1.90 bits per heavy atom. The largest absolute Gasteiger partial charge is 0.303 e. The van der Waals surface area contributed by atoms with E-state index in [0.717, 1.165) is 25.5 Å². The summed E-state index contributed by atoms with van der Waals surface area (Å²) in [7, 11) is 0. The SMILES string of the molecule is C=C/C=C/CCCCC=O. The lowest BCUT2D eigenvalue weighted by Gasteiger charge is -1.88. The molecule has 0 aliphatic carbocycles. The quantitative estimate of drug-likeness (QED) is 0.313. The monoisotopic (exact) mass is 138 g/mol. The van der Waals surface area contributed by atoms with Crippen molar-refractivity contribution in [1.82, 2.24) is 0 Å². The van der Waals surface area contributed by atoms with Gasteiger partial charge in [-0.2, -0.15) is 0 Å². The first-order valence-electron chi connectivity index (χ1n) is 3.63. The average molecular weight is 138 g/mol. The van der Waals surface area contributed by atoms with Crippen LogP contribution in [0.1, 0.15) is 25.7 Å². The van der Waals surface area contributed by atoms with Crippen molar-refractivity contribution in [1.29, 1.82) is 0 Å². The molecule has 0 amide bonds. The van der Waals surface area contributed by atoms with E-state index in [4.69, 9.17) is 0 Å². The van der Waals surface area contributed by atoms with E-state index in [9.17, 15) is 4.79 Å². The van der Waals surface area contributed by atoms with Gasteiger partial charge in [0, 0.05) is 6.42 Å². The van der Waals surface area contributed by atoms with Gasteiger partial charge in [0.15, 0.2) is 0 Å².